The Morgan fingerprint density at radius 1 is 0.564 bits per heavy atom. The first kappa shape index (κ1) is 32.9. The highest BCUT2D eigenvalue weighted by atomic mass is 16.7. The van der Waals surface area contributed by atoms with Crippen LogP contribution < -0.4 is 37.9 Å². The summed E-state index contributed by atoms with van der Waals surface area (Å²) in [6.07, 6.45) is 0. The second kappa shape index (κ2) is 14.1. The van der Waals surface area contributed by atoms with Gasteiger partial charge in [-0.1, -0.05) is 22.3 Å². The summed E-state index contributed by atoms with van der Waals surface area (Å²) in [7, 11) is 3.29. The standard InChI is InChI=1S/3C9H10O3.3CH4/c1-6-3-8-9(12-5-11-8)4-7(6)10-2;1-5-3-7-9(12-4-11-7)6(2)8(5)10;1-6-7(10-2)3-4-8-9(6)12-5-11-8;;;/h3-4H,5H2,1-2H3;3,10H,4H2,1-2H3;3-4H,5H2,1-2H3;3*1H4. The molecule has 0 saturated carbocycles. The van der Waals surface area contributed by atoms with Gasteiger partial charge in [-0.05, 0) is 63.1 Å². The summed E-state index contributed by atoms with van der Waals surface area (Å²) in [6.45, 7) is 8.44. The SMILES string of the molecule is C.C.C.COc1cc2c(cc1C)OCO2.COc1ccc2c(c1C)OCO2.Cc1cc2c(c(C)c1O)OCO2. The van der Waals surface area contributed by atoms with E-state index < -0.39 is 0 Å². The van der Waals surface area contributed by atoms with Crippen LogP contribution in [0.2, 0.25) is 0 Å². The van der Waals surface area contributed by atoms with Gasteiger partial charge in [0, 0.05) is 17.2 Å². The highest BCUT2D eigenvalue weighted by molar-refractivity contribution is 5.57. The zero-order chi connectivity index (χ0) is 25.8. The molecule has 216 valence electrons. The van der Waals surface area contributed by atoms with Gasteiger partial charge in [0.15, 0.2) is 34.5 Å². The number of hydrogen-bond acceptors (Lipinski definition) is 9. The molecule has 9 heteroatoms. The lowest BCUT2D eigenvalue weighted by molar-refractivity contribution is 0.173. The number of phenolic OH excluding ortho intramolecular Hbond substituents is 1. The minimum atomic E-state index is 0. The number of methoxy groups -OCH3 is 2. The van der Waals surface area contributed by atoms with Crippen LogP contribution in [-0.4, -0.2) is 39.7 Å². The molecule has 3 aliphatic heterocycles. The molecule has 9 nitrogen and oxygen atoms in total. The molecule has 3 aromatic rings. The number of aromatic hydroxyl groups is 1. The van der Waals surface area contributed by atoms with E-state index in [1.54, 1.807) is 20.3 Å². The second-order valence-corrected chi connectivity index (χ2v) is 8.20. The lowest BCUT2D eigenvalue weighted by Gasteiger charge is -2.05. The Labute approximate surface area is 232 Å². The van der Waals surface area contributed by atoms with E-state index in [1.807, 2.05) is 52.0 Å². The zero-order valence-corrected chi connectivity index (χ0v) is 21.2. The van der Waals surface area contributed by atoms with Crippen molar-refractivity contribution < 1.29 is 43.0 Å². The van der Waals surface area contributed by atoms with Crippen LogP contribution in [0.4, 0.5) is 0 Å². The van der Waals surface area contributed by atoms with E-state index in [0.29, 0.717) is 25.1 Å². The van der Waals surface area contributed by atoms with Crippen LogP contribution in [-0.2, 0) is 0 Å². The summed E-state index contributed by atoms with van der Waals surface area (Å²) in [5, 5.41) is 9.53. The van der Waals surface area contributed by atoms with Crippen LogP contribution in [0.25, 0.3) is 0 Å². The summed E-state index contributed by atoms with van der Waals surface area (Å²) in [4.78, 5) is 0. The topological polar surface area (TPSA) is 94.1 Å². The second-order valence-electron chi connectivity index (χ2n) is 8.20. The van der Waals surface area contributed by atoms with Crippen LogP contribution in [0, 0.1) is 27.7 Å². The van der Waals surface area contributed by atoms with Gasteiger partial charge >= 0.3 is 0 Å². The molecule has 0 unspecified atom stereocenters. The lowest BCUT2D eigenvalue weighted by atomic mass is 10.1. The first-order chi connectivity index (χ1) is 17.3. The Hall–Kier alpha value is -4.14. The van der Waals surface area contributed by atoms with Gasteiger partial charge in [0.1, 0.15) is 17.2 Å². The fraction of sp³-hybridized carbons (Fsp3) is 0.400. The number of fused-ring (bicyclic) bond motifs is 3. The van der Waals surface area contributed by atoms with Crippen molar-refractivity contribution in [1.29, 1.82) is 0 Å². The molecular weight excluding hydrogens is 504 g/mol. The zero-order valence-electron chi connectivity index (χ0n) is 21.2. The molecule has 0 radical (unpaired) electrons. The molecule has 39 heavy (non-hydrogen) atoms. The summed E-state index contributed by atoms with van der Waals surface area (Å²) in [6, 6.07) is 9.28. The number of benzene rings is 3. The van der Waals surface area contributed by atoms with Gasteiger partial charge in [-0.2, -0.15) is 0 Å². The Morgan fingerprint density at radius 3 is 1.67 bits per heavy atom. The van der Waals surface area contributed by atoms with Gasteiger partial charge in [-0.25, -0.2) is 0 Å². The number of aryl methyl sites for hydroxylation is 2. The maximum atomic E-state index is 9.53. The molecule has 0 bridgehead atoms. The highest BCUT2D eigenvalue weighted by Gasteiger charge is 2.20. The van der Waals surface area contributed by atoms with Gasteiger partial charge in [0.25, 0.3) is 0 Å². The fourth-order valence-electron chi connectivity index (χ4n) is 3.92. The summed E-state index contributed by atoms with van der Waals surface area (Å²) < 4.78 is 41.5. The molecule has 0 atom stereocenters. The molecule has 0 fully saturated rings. The van der Waals surface area contributed by atoms with E-state index in [9.17, 15) is 5.11 Å². The van der Waals surface area contributed by atoms with Crippen LogP contribution in [0.15, 0.2) is 30.3 Å². The van der Waals surface area contributed by atoms with E-state index in [0.717, 1.165) is 62.5 Å². The van der Waals surface area contributed by atoms with Gasteiger partial charge in [0.2, 0.25) is 20.4 Å². The maximum absolute atomic E-state index is 9.53. The largest absolute Gasteiger partial charge is 0.507 e. The number of phenols is 1. The van der Waals surface area contributed by atoms with Crippen LogP contribution in [0.1, 0.15) is 44.5 Å². The van der Waals surface area contributed by atoms with Crippen LogP contribution in [0.3, 0.4) is 0 Å². The number of ether oxygens (including phenoxy) is 8. The monoisotopic (exact) mass is 546 g/mol. The Kier molecular flexibility index (Phi) is 11.9. The molecule has 3 heterocycles. The molecule has 3 aromatic carbocycles. The molecule has 6 rings (SSSR count). The fourth-order valence-corrected chi connectivity index (χ4v) is 3.92. The third-order valence-electron chi connectivity index (χ3n) is 5.91. The Bertz CT molecular complexity index is 1250. The van der Waals surface area contributed by atoms with Crippen LogP contribution >= 0.6 is 0 Å². The number of hydrogen-bond donors (Lipinski definition) is 1. The van der Waals surface area contributed by atoms with Gasteiger partial charge in [-0.3, -0.25) is 0 Å². The maximum Gasteiger partial charge on any atom is 0.231 e. The van der Waals surface area contributed by atoms with Gasteiger partial charge < -0.3 is 43.0 Å². The first-order valence-corrected chi connectivity index (χ1v) is 11.3. The predicted molar refractivity (Wildman–Crippen MR) is 152 cm³/mol. The molecule has 3 aliphatic rings. The quantitative estimate of drug-likeness (QED) is 0.361. The summed E-state index contributed by atoms with van der Waals surface area (Å²) in [5.41, 5.74) is 3.62. The summed E-state index contributed by atoms with van der Waals surface area (Å²) in [5.74, 6) is 6.51. The highest BCUT2D eigenvalue weighted by Crippen LogP contribution is 2.42. The third-order valence-corrected chi connectivity index (χ3v) is 5.91. The molecule has 0 aromatic heterocycles. The van der Waals surface area contributed by atoms with E-state index in [2.05, 4.69) is 0 Å². The smallest absolute Gasteiger partial charge is 0.231 e. The normalized spacial score (nSPS) is 12.3. The average Bonchev–Trinajstić information content (AvgIpc) is 3.64. The molecule has 0 spiro atoms. The lowest BCUT2D eigenvalue weighted by Crippen LogP contribution is -1.93. The molecular formula is C30H42O9. The molecule has 1 N–H and O–H groups in total. The minimum absolute atomic E-state index is 0. The van der Waals surface area contributed by atoms with Gasteiger partial charge in [0.05, 0.1) is 14.2 Å². The van der Waals surface area contributed by atoms with E-state index in [1.165, 1.54) is 0 Å². The predicted octanol–water partition coefficient (Wildman–Crippen LogP) is 7.11. The van der Waals surface area contributed by atoms with Gasteiger partial charge in [-0.15, -0.1) is 0 Å². The average molecular weight is 547 g/mol. The van der Waals surface area contributed by atoms with Crippen LogP contribution in [0.5, 0.6) is 51.7 Å². The molecule has 0 saturated heterocycles. The molecule has 0 aliphatic carbocycles. The van der Waals surface area contributed by atoms with Crippen molar-refractivity contribution in [3.63, 3.8) is 0 Å². The van der Waals surface area contributed by atoms with Crippen molar-refractivity contribution in [2.75, 3.05) is 34.6 Å². The third kappa shape index (κ3) is 6.85. The Morgan fingerprint density at radius 2 is 1.05 bits per heavy atom. The Balaban J connectivity index is 0.000000282. The number of rotatable bonds is 2. The van der Waals surface area contributed by atoms with E-state index in [-0.39, 0.29) is 29.1 Å². The van der Waals surface area contributed by atoms with E-state index in [4.69, 9.17) is 37.9 Å². The minimum Gasteiger partial charge on any atom is -0.507 e. The molecule has 0 amide bonds. The van der Waals surface area contributed by atoms with Crippen molar-refractivity contribution in [2.24, 2.45) is 0 Å². The summed E-state index contributed by atoms with van der Waals surface area (Å²) >= 11 is 0. The van der Waals surface area contributed by atoms with Crippen molar-refractivity contribution in [3.05, 3.63) is 52.6 Å². The van der Waals surface area contributed by atoms with E-state index >= 15 is 0 Å². The van der Waals surface area contributed by atoms with Crippen molar-refractivity contribution in [1.82, 2.24) is 0 Å². The first-order valence-electron chi connectivity index (χ1n) is 11.3. The van der Waals surface area contributed by atoms with Crippen molar-refractivity contribution in [2.45, 2.75) is 50.0 Å². The van der Waals surface area contributed by atoms with Crippen molar-refractivity contribution >= 4 is 0 Å². The van der Waals surface area contributed by atoms with Crippen molar-refractivity contribution in [3.8, 4) is 51.7 Å².